The van der Waals surface area contributed by atoms with E-state index in [4.69, 9.17) is 11.6 Å². The second-order valence-electron chi connectivity index (χ2n) is 7.95. The number of hydrogen-bond acceptors (Lipinski definition) is 6. The van der Waals surface area contributed by atoms with Crippen molar-refractivity contribution in [3.8, 4) is 11.4 Å². The van der Waals surface area contributed by atoms with Gasteiger partial charge < -0.3 is 10.6 Å². The van der Waals surface area contributed by atoms with Crippen molar-refractivity contribution < 1.29 is 9.72 Å². The molecule has 35 heavy (non-hydrogen) atoms. The number of nitrogens with one attached hydrogen (secondary N) is 2. The normalized spacial score (nSPS) is 14.7. The van der Waals surface area contributed by atoms with Crippen LogP contribution in [-0.4, -0.2) is 25.6 Å². The lowest BCUT2D eigenvalue weighted by Gasteiger charge is -2.28. The van der Waals surface area contributed by atoms with Gasteiger partial charge in [-0.3, -0.25) is 14.9 Å². The maximum atomic E-state index is 13.5. The van der Waals surface area contributed by atoms with Gasteiger partial charge in [-0.15, -0.1) is 5.10 Å². The summed E-state index contributed by atoms with van der Waals surface area (Å²) in [7, 11) is 0. The Morgan fingerprint density at radius 2 is 1.74 bits per heavy atom. The Bertz CT molecular complexity index is 1450. The van der Waals surface area contributed by atoms with Crippen molar-refractivity contribution in [3.63, 3.8) is 0 Å². The molecule has 9 nitrogen and oxygen atoms in total. The molecule has 2 heterocycles. The number of hydrogen-bond donors (Lipinski definition) is 2. The third-order valence-corrected chi connectivity index (χ3v) is 5.90. The lowest BCUT2D eigenvalue weighted by atomic mass is 9.95. The number of nitrogens with zero attached hydrogens (tertiary/aromatic N) is 4. The largest absolute Gasteiger partial charge is 0.328 e. The molecule has 5 rings (SSSR count). The molecule has 1 aliphatic heterocycles. The van der Waals surface area contributed by atoms with Crippen LogP contribution in [0.15, 0.2) is 90.1 Å². The molecule has 0 aliphatic carbocycles. The highest BCUT2D eigenvalue weighted by Crippen LogP contribution is 2.37. The van der Waals surface area contributed by atoms with Gasteiger partial charge in [-0.1, -0.05) is 41.9 Å². The quantitative estimate of drug-likeness (QED) is 0.287. The predicted octanol–water partition coefficient (Wildman–Crippen LogP) is 5.43. The summed E-state index contributed by atoms with van der Waals surface area (Å²) in [5.41, 5.74) is 3.17. The zero-order valence-electron chi connectivity index (χ0n) is 18.5. The van der Waals surface area contributed by atoms with Gasteiger partial charge >= 0.3 is 0 Å². The Hall–Kier alpha value is -4.50. The van der Waals surface area contributed by atoms with Gasteiger partial charge in [-0.05, 0) is 48.9 Å². The third kappa shape index (κ3) is 4.36. The lowest BCUT2D eigenvalue weighted by molar-refractivity contribution is -0.384. The number of nitro groups is 1. The van der Waals surface area contributed by atoms with Crippen molar-refractivity contribution >= 4 is 34.8 Å². The van der Waals surface area contributed by atoms with Crippen LogP contribution in [0.1, 0.15) is 18.5 Å². The van der Waals surface area contributed by atoms with Crippen LogP contribution in [0.4, 0.5) is 17.3 Å². The van der Waals surface area contributed by atoms with E-state index in [-0.39, 0.29) is 11.6 Å². The molecule has 0 radical (unpaired) electrons. The van der Waals surface area contributed by atoms with Crippen LogP contribution in [-0.2, 0) is 4.79 Å². The van der Waals surface area contributed by atoms with E-state index in [0.29, 0.717) is 39.3 Å². The molecule has 1 amide bonds. The van der Waals surface area contributed by atoms with Crippen molar-refractivity contribution in [1.82, 2.24) is 14.8 Å². The minimum atomic E-state index is -0.577. The molecule has 0 saturated carbocycles. The summed E-state index contributed by atoms with van der Waals surface area (Å²) >= 11 is 6.12. The molecule has 0 saturated heterocycles. The average molecular weight is 487 g/mol. The monoisotopic (exact) mass is 486 g/mol. The number of para-hydroxylation sites is 1. The maximum Gasteiger partial charge on any atom is 0.269 e. The SMILES string of the molecule is CC1=C(C(=O)Nc2ccccc2)C(c2ccc(Cl)cc2)n2nc(-c3ccc([N+](=O)[O-])cc3)nc2N1. The van der Waals surface area contributed by atoms with Crippen LogP contribution in [0.2, 0.25) is 5.02 Å². The highest BCUT2D eigenvalue weighted by atomic mass is 35.5. The first-order valence-corrected chi connectivity index (χ1v) is 11.1. The Balaban J connectivity index is 1.58. The Labute approximate surface area is 205 Å². The number of amides is 1. The molecular weight excluding hydrogens is 468 g/mol. The van der Waals surface area contributed by atoms with Crippen LogP contribution in [0, 0.1) is 10.1 Å². The molecule has 1 unspecified atom stereocenters. The van der Waals surface area contributed by atoms with Gasteiger partial charge in [0.1, 0.15) is 6.04 Å². The molecule has 1 aliphatic rings. The van der Waals surface area contributed by atoms with Crippen molar-refractivity contribution in [1.29, 1.82) is 0 Å². The van der Waals surface area contributed by atoms with Crippen LogP contribution >= 0.6 is 11.6 Å². The highest BCUT2D eigenvalue weighted by Gasteiger charge is 2.34. The zero-order chi connectivity index (χ0) is 24.5. The lowest BCUT2D eigenvalue weighted by Crippen LogP contribution is -2.31. The Morgan fingerprint density at radius 1 is 1.06 bits per heavy atom. The van der Waals surface area contributed by atoms with Gasteiger partial charge in [-0.2, -0.15) is 4.98 Å². The fourth-order valence-corrected chi connectivity index (χ4v) is 4.10. The number of halogens is 1. The number of fused-ring (bicyclic) bond motifs is 1. The van der Waals surface area contributed by atoms with Crippen LogP contribution in [0.3, 0.4) is 0 Å². The summed E-state index contributed by atoms with van der Waals surface area (Å²) in [6.07, 6.45) is 0. The summed E-state index contributed by atoms with van der Waals surface area (Å²) in [6.45, 7) is 1.81. The topological polar surface area (TPSA) is 115 Å². The molecule has 174 valence electrons. The maximum absolute atomic E-state index is 13.5. The number of allylic oxidation sites excluding steroid dienone is 1. The average Bonchev–Trinajstić information content (AvgIpc) is 3.28. The number of carbonyl (C=O) groups excluding carboxylic acids is 1. The number of rotatable bonds is 5. The van der Waals surface area contributed by atoms with E-state index in [0.717, 1.165) is 5.56 Å². The Morgan fingerprint density at radius 3 is 2.40 bits per heavy atom. The molecule has 10 heteroatoms. The smallest absolute Gasteiger partial charge is 0.269 e. The van der Waals surface area contributed by atoms with Crippen molar-refractivity contribution in [3.05, 3.63) is 111 Å². The first kappa shape index (κ1) is 22.3. The van der Waals surface area contributed by atoms with E-state index in [1.165, 1.54) is 12.1 Å². The van der Waals surface area contributed by atoms with Gasteiger partial charge in [0.05, 0.1) is 10.5 Å². The Kier molecular flexibility index (Phi) is 5.76. The second kappa shape index (κ2) is 9.03. The van der Waals surface area contributed by atoms with E-state index in [2.05, 4.69) is 20.7 Å². The molecule has 0 bridgehead atoms. The summed E-state index contributed by atoms with van der Waals surface area (Å²) in [6, 6.07) is 21.8. The predicted molar refractivity (Wildman–Crippen MR) is 133 cm³/mol. The van der Waals surface area contributed by atoms with Gasteiger partial charge in [-0.25, -0.2) is 4.68 Å². The molecule has 2 N–H and O–H groups in total. The minimum Gasteiger partial charge on any atom is -0.328 e. The zero-order valence-corrected chi connectivity index (χ0v) is 19.2. The molecule has 1 aromatic heterocycles. The fraction of sp³-hybridized carbons (Fsp3) is 0.0800. The molecule has 4 aromatic rings. The van der Waals surface area contributed by atoms with Crippen LogP contribution < -0.4 is 10.6 Å². The number of anilines is 2. The number of nitro benzene ring substituents is 1. The molecule has 3 aromatic carbocycles. The number of carbonyl (C=O) groups is 1. The first-order chi connectivity index (χ1) is 16.9. The van der Waals surface area contributed by atoms with Gasteiger partial charge in [0.25, 0.3) is 11.6 Å². The molecule has 0 spiro atoms. The second-order valence-corrected chi connectivity index (χ2v) is 8.38. The van der Waals surface area contributed by atoms with Crippen molar-refractivity contribution in [2.24, 2.45) is 0 Å². The summed E-state index contributed by atoms with van der Waals surface area (Å²) in [5, 5.41) is 22.4. The number of non-ortho nitro benzene ring substituents is 1. The molecular formula is C25H19ClN6O3. The summed E-state index contributed by atoms with van der Waals surface area (Å²) in [5.74, 6) is 0.546. The number of aromatic nitrogens is 3. The van der Waals surface area contributed by atoms with E-state index >= 15 is 0 Å². The van der Waals surface area contributed by atoms with Crippen LogP contribution in [0.5, 0.6) is 0 Å². The van der Waals surface area contributed by atoms with Gasteiger partial charge in [0.2, 0.25) is 5.95 Å². The fourth-order valence-electron chi connectivity index (χ4n) is 3.97. The molecule has 1 atom stereocenters. The van der Waals surface area contributed by atoms with Crippen molar-refractivity contribution in [2.75, 3.05) is 10.6 Å². The van der Waals surface area contributed by atoms with Gasteiger partial charge in [0, 0.05) is 34.1 Å². The summed E-state index contributed by atoms with van der Waals surface area (Å²) < 4.78 is 1.65. The number of benzene rings is 3. The van der Waals surface area contributed by atoms with E-state index in [9.17, 15) is 14.9 Å². The van der Waals surface area contributed by atoms with E-state index in [1.54, 1.807) is 28.9 Å². The summed E-state index contributed by atoms with van der Waals surface area (Å²) in [4.78, 5) is 28.6. The van der Waals surface area contributed by atoms with Crippen LogP contribution in [0.25, 0.3) is 11.4 Å². The standard InChI is InChI=1S/C25H19ClN6O3/c1-15-21(24(33)28-19-5-3-2-4-6-19)22(16-7-11-18(26)12-8-16)31-25(27-15)29-23(30-31)17-9-13-20(14-10-17)32(34)35/h2-14,22H,1H3,(H,28,33)(H,27,29,30). The van der Waals surface area contributed by atoms with E-state index < -0.39 is 11.0 Å². The first-order valence-electron chi connectivity index (χ1n) is 10.7. The van der Waals surface area contributed by atoms with Crippen molar-refractivity contribution in [2.45, 2.75) is 13.0 Å². The minimum absolute atomic E-state index is 0.0210. The van der Waals surface area contributed by atoms with E-state index in [1.807, 2.05) is 49.4 Å². The van der Waals surface area contributed by atoms with Gasteiger partial charge in [0.15, 0.2) is 5.82 Å². The third-order valence-electron chi connectivity index (χ3n) is 5.65. The molecule has 0 fully saturated rings. The highest BCUT2D eigenvalue weighted by molar-refractivity contribution is 6.30.